The number of H-pyrrole nitrogens is 1. The third kappa shape index (κ3) is 1.86. The Morgan fingerprint density at radius 2 is 1.71 bits per heavy atom. The zero-order chi connectivity index (χ0) is 14.4. The van der Waals surface area contributed by atoms with Gasteiger partial charge in [-0.2, -0.15) is 0 Å². The predicted molar refractivity (Wildman–Crippen MR) is 89.7 cm³/mol. The molecule has 0 aliphatic heterocycles. The molecular formula is C16H10N2OS2. The summed E-state index contributed by atoms with van der Waals surface area (Å²) in [5.41, 5.74) is 3.24. The number of benzene rings is 2. The standard InChI is InChI=1S/C16H10N2OS2/c19-15-13-14(10-6-2-1-3-7-10)21-16(20)18(13)12-9-5-4-8-11(12)17-15/h1-9H,(H,17,19). The Kier molecular flexibility index (Phi) is 2.77. The normalized spacial score (nSPS) is 11.2. The Balaban J connectivity index is 2.25. The summed E-state index contributed by atoms with van der Waals surface area (Å²) in [4.78, 5) is 16.3. The van der Waals surface area contributed by atoms with Crippen LogP contribution in [0.1, 0.15) is 0 Å². The van der Waals surface area contributed by atoms with Gasteiger partial charge in [0.25, 0.3) is 5.56 Å². The van der Waals surface area contributed by atoms with Gasteiger partial charge < -0.3 is 4.98 Å². The molecule has 5 heteroatoms. The van der Waals surface area contributed by atoms with Crippen LogP contribution in [0.4, 0.5) is 0 Å². The molecule has 0 aliphatic carbocycles. The summed E-state index contributed by atoms with van der Waals surface area (Å²) in [7, 11) is 0. The number of fused-ring (bicyclic) bond motifs is 3. The fourth-order valence-corrected chi connectivity index (χ4v) is 3.97. The second kappa shape index (κ2) is 4.65. The van der Waals surface area contributed by atoms with E-state index in [9.17, 15) is 4.79 Å². The highest BCUT2D eigenvalue weighted by Gasteiger charge is 2.14. The van der Waals surface area contributed by atoms with Crippen LogP contribution in [0.25, 0.3) is 27.0 Å². The van der Waals surface area contributed by atoms with E-state index in [2.05, 4.69) is 4.98 Å². The molecule has 0 fully saturated rings. The second-order valence-electron chi connectivity index (χ2n) is 4.72. The lowest BCUT2D eigenvalue weighted by Gasteiger charge is -2.03. The first-order valence-electron chi connectivity index (χ1n) is 6.48. The molecule has 4 rings (SSSR count). The van der Waals surface area contributed by atoms with Crippen molar-refractivity contribution in [1.29, 1.82) is 0 Å². The molecule has 1 N–H and O–H groups in total. The van der Waals surface area contributed by atoms with Crippen LogP contribution in [0.5, 0.6) is 0 Å². The molecule has 4 aromatic rings. The van der Waals surface area contributed by atoms with Crippen molar-refractivity contribution in [3.05, 3.63) is 68.9 Å². The van der Waals surface area contributed by atoms with Crippen LogP contribution in [-0.4, -0.2) is 9.38 Å². The number of thiazole rings is 1. The molecule has 0 radical (unpaired) electrons. The molecule has 21 heavy (non-hydrogen) atoms. The highest BCUT2D eigenvalue weighted by atomic mass is 32.1. The molecule has 0 saturated heterocycles. The molecule has 0 bridgehead atoms. The van der Waals surface area contributed by atoms with Crippen LogP contribution in [0.2, 0.25) is 0 Å². The van der Waals surface area contributed by atoms with Gasteiger partial charge in [0.2, 0.25) is 0 Å². The van der Waals surface area contributed by atoms with Crippen LogP contribution in [-0.2, 0) is 0 Å². The first-order valence-corrected chi connectivity index (χ1v) is 7.70. The van der Waals surface area contributed by atoms with Crippen molar-refractivity contribution < 1.29 is 0 Å². The van der Waals surface area contributed by atoms with Crippen molar-refractivity contribution in [2.24, 2.45) is 0 Å². The van der Waals surface area contributed by atoms with Gasteiger partial charge in [-0.1, -0.05) is 42.5 Å². The molecule has 2 aromatic carbocycles. The van der Waals surface area contributed by atoms with E-state index in [0.29, 0.717) is 9.47 Å². The van der Waals surface area contributed by atoms with Gasteiger partial charge in [0.1, 0.15) is 5.52 Å². The van der Waals surface area contributed by atoms with Gasteiger partial charge in [-0.25, -0.2) is 0 Å². The molecular weight excluding hydrogens is 300 g/mol. The molecule has 3 nitrogen and oxygen atoms in total. The van der Waals surface area contributed by atoms with Crippen LogP contribution in [0, 0.1) is 3.95 Å². The number of hydrogen-bond donors (Lipinski definition) is 1. The van der Waals surface area contributed by atoms with Crippen LogP contribution >= 0.6 is 23.6 Å². The van der Waals surface area contributed by atoms with E-state index in [0.717, 1.165) is 21.5 Å². The fraction of sp³-hybridized carbons (Fsp3) is 0. The van der Waals surface area contributed by atoms with E-state index < -0.39 is 0 Å². The van der Waals surface area contributed by atoms with Gasteiger partial charge in [-0.05, 0) is 29.9 Å². The molecule has 0 unspecified atom stereocenters. The number of para-hydroxylation sites is 2. The largest absolute Gasteiger partial charge is 0.319 e. The zero-order valence-electron chi connectivity index (χ0n) is 10.9. The third-order valence-corrected chi connectivity index (χ3v) is 4.88. The molecule has 2 heterocycles. The van der Waals surface area contributed by atoms with E-state index >= 15 is 0 Å². The van der Waals surface area contributed by atoms with Crippen LogP contribution < -0.4 is 5.56 Å². The summed E-state index contributed by atoms with van der Waals surface area (Å²) < 4.78 is 2.56. The van der Waals surface area contributed by atoms with Crippen molar-refractivity contribution in [2.45, 2.75) is 0 Å². The molecule has 0 saturated carbocycles. The third-order valence-electron chi connectivity index (χ3n) is 3.45. The summed E-state index contributed by atoms with van der Waals surface area (Å²) in [6, 6.07) is 17.6. The number of rotatable bonds is 1. The van der Waals surface area contributed by atoms with Gasteiger partial charge in [0.05, 0.1) is 15.9 Å². The molecule has 0 aliphatic rings. The molecule has 0 spiro atoms. The van der Waals surface area contributed by atoms with E-state index in [1.54, 1.807) is 0 Å². The van der Waals surface area contributed by atoms with Crippen molar-refractivity contribution in [3.63, 3.8) is 0 Å². The predicted octanol–water partition coefficient (Wildman–Crippen LogP) is 4.24. The maximum atomic E-state index is 12.5. The lowest BCUT2D eigenvalue weighted by atomic mass is 10.2. The summed E-state index contributed by atoms with van der Waals surface area (Å²) >= 11 is 6.96. The van der Waals surface area contributed by atoms with Gasteiger partial charge in [0, 0.05) is 0 Å². The van der Waals surface area contributed by atoms with Crippen LogP contribution in [0.3, 0.4) is 0 Å². The summed E-state index contributed by atoms with van der Waals surface area (Å²) in [5.74, 6) is 0. The van der Waals surface area contributed by atoms with Crippen molar-refractivity contribution >= 4 is 40.1 Å². The Morgan fingerprint density at radius 3 is 2.52 bits per heavy atom. The summed E-state index contributed by atoms with van der Waals surface area (Å²) in [5, 5.41) is 0. The molecule has 2 aromatic heterocycles. The van der Waals surface area contributed by atoms with E-state index in [1.807, 2.05) is 59.0 Å². The van der Waals surface area contributed by atoms with Gasteiger partial charge in [-0.3, -0.25) is 9.20 Å². The van der Waals surface area contributed by atoms with E-state index in [-0.39, 0.29) is 5.56 Å². The first-order chi connectivity index (χ1) is 10.3. The quantitative estimate of drug-likeness (QED) is 0.534. The minimum absolute atomic E-state index is 0.111. The van der Waals surface area contributed by atoms with Crippen molar-refractivity contribution in [2.75, 3.05) is 0 Å². The Morgan fingerprint density at radius 1 is 1.00 bits per heavy atom. The lowest BCUT2D eigenvalue weighted by molar-refractivity contribution is 1.18. The number of nitrogens with one attached hydrogen (secondary N) is 1. The monoisotopic (exact) mass is 310 g/mol. The first kappa shape index (κ1) is 12.5. The van der Waals surface area contributed by atoms with Gasteiger partial charge in [-0.15, -0.1) is 11.3 Å². The SMILES string of the molecule is O=c1[nH]c2ccccc2n2c(=S)sc(-c3ccccc3)c12. The number of aromatic nitrogens is 2. The van der Waals surface area contributed by atoms with Crippen LogP contribution in [0.15, 0.2) is 59.4 Å². The number of aromatic amines is 1. The Bertz CT molecular complexity index is 1070. The Labute approximate surface area is 129 Å². The molecule has 0 atom stereocenters. The highest BCUT2D eigenvalue weighted by Crippen LogP contribution is 2.31. The van der Waals surface area contributed by atoms with Crippen molar-refractivity contribution in [3.8, 4) is 10.4 Å². The fourth-order valence-electron chi connectivity index (χ4n) is 2.54. The second-order valence-corrected chi connectivity index (χ2v) is 6.36. The van der Waals surface area contributed by atoms with Crippen molar-refractivity contribution in [1.82, 2.24) is 9.38 Å². The summed E-state index contributed by atoms with van der Waals surface area (Å²) in [6.07, 6.45) is 0. The van der Waals surface area contributed by atoms with E-state index in [1.165, 1.54) is 11.3 Å². The maximum absolute atomic E-state index is 12.5. The Hall–Kier alpha value is -2.24. The lowest BCUT2D eigenvalue weighted by Crippen LogP contribution is -2.10. The molecule has 102 valence electrons. The zero-order valence-corrected chi connectivity index (χ0v) is 12.5. The number of nitrogens with zero attached hydrogens (tertiary/aromatic N) is 1. The average Bonchev–Trinajstić information content (AvgIpc) is 2.87. The maximum Gasteiger partial charge on any atom is 0.274 e. The topological polar surface area (TPSA) is 37.3 Å². The summed E-state index contributed by atoms with van der Waals surface area (Å²) in [6.45, 7) is 0. The minimum atomic E-state index is -0.111. The smallest absolute Gasteiger partial charge is 0.274 e. The minimum Gasteiger partial charge on any atom is -0.319 e. The van der Waals surface area contributed by atoms with Gasteiger partial charge >= 0.3 is 0 Å². The number of hydrogen-bond acceptors (Lipinski definition) is 3. The highest BCUT2D eigenvalue weighted by molar-refractivity contribution is 7.73. The average molecular weight is 310 g/mol. The van der Waals surface area contributed by atoms with Gasteiger partial charge in [0.15, 0.2) is 3.95 Å². The van der Waals surface area contributed by atoms with E-state index in [4.69, 9.17) is 12.2 Å². The molecule has 0 amide bonds.